The zero-order chi connectivity index (χ0) is 33.8. The van der Waals surface area contributed by atoms with Crippen molar-refractivity contribution < 1.29 is 23.3 Å². The summed E-state index contributed by atoms with van der Waals surface area (Å²) >= 11 is 6.46. The maximum absolute atomic E-state index is 14.3. The molecule has 2 saturated carbocycles. The summed E-state index contributed by atoms with van der Waals surface area (Å²) in [5.41, 5.74) is 9.78. The van der Waals surface area contributed by atoms with E-state index in [1.807, 2.05) is 19.1 Å². The van der Waals surface area contributed by atoms with Gasteiger partial charge in [-0.1, -0.05) is 36.7 Å². The molecule has 2 fully saturated rings. The van der Waals surface area contributed by atoms with Crippen molar-refractivity contribution >= 4 is 39.1 Å². The van der Waals surface area contributed by atoms with Gasteiger partial charge >= 0.3 is 6.03 Å². The van der Waals surface area contributed by atoms with Crippen LogP contribution in [-0.2, 0) is 27.6 Å². The van der Waals surface area contributed by atoms with E-state index in [-0.39, 0.29) is 29.4 Å². The second-order valence-corrected chi connectivity index (χ2v) is 16.4. The van der Waals surface area contributed by atoms with Crippen LogP contribution >= 0.6 is 11.6 Å². The second-order valence-electron chi connectivity index (χ2n) is 14.0. The Morgan fingerprint density at radius 3 is 2.73 bits per heavy atom. The molecule has 2 heterocycles. The molecule has 0 spiro atoms. The number of anilines is 1. The zero-order valence-electron chi connectivity index (χ0n) is 27.9. The molecule has 2 aliphatic carbocycles. The number of carbonyl (C=O) groups excluding carboxylic acids is 2. The van der Waals surface area contributed by atoms with Crippen molar-refractivity contribution in [3.8, 4) is 5.75 Å². The number of amides is 3. The summed E-state index contributed by atoms with van der Waals surface area (Å²) in [6, 6.07) is 10.5. The van der Waals surface area contributed by atoms with E-state index in [1.165, 1.54) is 0 Å². The Balaban J connectivity index is 1.43. The average Bonchev–Trinajstić information content (AvgIpc) is 3.86. The summed E-state index contributed by atoms with van der Waals surface area (Å²) in [5.74, 6) is 1.02. The maximum atomic E-state index is 14.3. The fourth-order valence-electron chi connectivity index (χ4n) is 6.98. The van der Waals surface area contributed by atoms with E-state index < -0.39 is 21.9 Å². The minimum atomic E-state index is -3.46. The van der Waals surface area contributed by atoms with E-state index in [0.717, 1.165) is 42.5 Å². The average molecular weight is 698 g/mol. The van der Waals surface area contributed by atoms with E-state index in [2.05, 4.69) is 37.5 Å². The molecular weight excluding hydrogens is 650 g/mol. The number of ether oxygens (including phenoxy) is 2. The standard InChI is InChI=1S/C36H48ClN5O5S/c1-23-4-3-5-33(46-2)31-12-9-27(31)21-42-20-26-8-11-29(37)16-28(26)17-30(38)14-15-47-34-13-10-25(18-32(34)42)35(43)40-48(45,22-23)41-36(44)39-19-24-6-7-24/h3,5,8,10-11,13,16,18,23-24,27,30-31,33H,4,6-7,9,12,14-15,17,19-22,38H2,1-2H3,(H2,39,40,41,43,44,45)/b5-3+/t23-,27-,30-,31+,33-,48?/m0/s1. The highest BCUT2D eigenvalue weighted by molar-refractivity contribution is 7.92. The SMILES string of the molecule is CO[C@H]1/C=C/C[C@H](C)CS(=O)(NC(=O)NCC2CC2)=NC(=O)c2ccc3c(c2)N(Cc2ccc(Cl)cc2C[C@@H](N)CCO3)C[C@@H]2CC[C@H]21. The summed E-state index contributed by atoms with van der Waals surface area (Å²) in [4.78, 5) is 29.0. The Labute approximate surface area is 289 Å². The Kier molecular flexibility index (Phi) is 11.0. The fraction of sp³-hybridized carbons (Fsp3) is 0.556. The number of halogens is 1. The largest absolute Gasteiger partial charge is 0.491 e. The molecule has 4 N–H and O–H groups in total. The number of fused-ring (bicyclic) bond motifs is 3. The van der Waals surface area contributed by atoms with Crippen molar-refractivity contribution in [1.82, 2.24) is 10.0 Å². The number of benzene rings is 2. The van der Waals surface area contributed by atoms with Gasteiger partial charge in [0.15, 0.2) is 0 Å². The predicted molar refractivity (Wildman–Crippen MR) is 190 cm³/mol. The Morgan fingerprint density at radius 2 is 1.98 bits per heavy atom. The van der Waals surface area contributed by atoms with Gasteiger partial charge in [0.25, 0.3) is 5.91 Å². The molecule has 48 heavy (non-hydrogen) atoms. The monoisotopic (exact) mass is 697 g/mol. The van der Waals surface area contributed by atoms with E-state index >= 15 is 0 Å². The van der Waals surface area contributed by atoms with Gasteiger partial charge in [-0.2, -0.15) is 0 Å². The molecule has 2 aromatic rings. The minimum absolute atomic E-state index is 0.0312. The summed E-state index contributed by atoms with van der Waals surface area (Å²) in [6.07, 6.45) is 10.3. The third-order valence-electron chi connectivity index (χ3n) is 10.0. The highest BCUT2D eigenvalue weighted by Gasteiger charge is 2.38. The number of nitrogens with two attached hydrogens (primary N) is 1. The number of nitrogens with one attached hydrogen (secondary N) is 2. The normalized spacial score (nSPS) is 30.2. The minimum Gasteiger partial charge on any atom is -0.491 e. The molecule has 1 unspecified atom stereocenters. The number of carbonyl (C=O) groups is 2. The molecule has 6 atom stereocenters. The molecule has 4 aliphatic rings. The van der Waals surface area contributed by atoms with Gasteiger partial charge in [0.1, 0.15) is 15.7 Å². The highest BCUT2D eigenvalue weighted by Crippen LogP contribution is 2.42. The first-order chi connectivity index (χ1) is 23.1. The molecule has 2 aromatic carbocycles. The number of hydrogen-bond acceptors (Lipinski definition) is 7. The molecular formula is C36H48ClN5O5S. The van der Waals surface area contributed by atoms with Gasteiger partial charge < -0.3 is 25.4 Å². The number of allylic oxidation sites excluding steroid dienone is 1. The van der Waals surface area contributed by atoms with Crippen LogP contribution in [0.4, 0.5) is 10.5 Å². The van der Waals surface area contributed by atoms with E-state index in [0.29, 0.717) is 74.0 Å². The summed E-state index contributed by atoms with van der Waals surface area (Å²) < 4.78 is 33.5. The number of urea groups is 1. The lowest BCUT2D eigenvalue weighted by Crippen LogP contribution is -2.43. The molecule has 2 bridgehead atoms. The number of nitrogens with zero attached hydrogens (tertiary/aromatic N) is 2. The highest BCUT2D eigenvalue weighted by atomic mass is 35.5. The lowest BCUT2D eigenvalue weighted by molar-refractivity contribution is 0.0133. The summed E-state index contributed by atoms with van der Waals surface area (Å²) in [5, 5.41) is 3.47. The summed E-state index contributed by atoms with van der Waals surface area (Å²) in [7, 11) is -1.71. The predicted octanol–water partition coefficient (Wildman–Crippen LogP) is 5.87. The van der Waals surface area contributed by atoms with Crippen LogP contribution < -0.4 is 25.4 Å². The lowest BCUT2D eigenvalue weighted by Gasteiger charge is -2.43. The summed E-state index contributed by atoms with van der Waals surface area (Å²) in [6.45, 7) is 4.14. The maximum Gasteiger partial charge on any atom is 0.327 e. The Morgan fingerprint density at radius 1 is 1.15 bits per heavy atom. The van der Waals surface area contributed by atoms with Gasteiger partial charge in [-0.05, 0) is 110 Å². The molecule has 6 rings (SSSR count). The van der Waals surface area contributed by atoms with Crippen molar-refractivity contribution in [1.29, 1.82) is 0 Å². The van der Waals surface area contributed by atoms with Crippen LogP contribution in [0.25, 0.3) is 0 Å². The van der Waals surface area contributed by atoms with Crippen LogP contribution in [0.3, 0.4) is 0 Å². The third kappa shape index (κ3) is 8.72. The number of hydrogen-bond donors (Lipinski definition) is 3. The van der Waals surface area contributed by atoms with Gasteiger partial charge in [-0.15, -0.1) is 4.36 Å². The van der Waals surface area contributed by atoms with Crippen LogP contribution in [0, 0.1) is 23.7 Å². The first-order valence-corrected chi connectivity index (χ1v) is 19.2. The molecule has 12 heteroatoms. The first kappa shape index (κ1) is 34.7. The molecule has 2 aliphatic heterocycles. The van der Waals surface area contributed by atoms with Crippen molar-refractivity contribution in [3.63, 3.8) is 0 Å². The van der Waals surface area contributed by atoms with Gasteiger partial charge in [-0.25, -0.2) is 9.00 Å². The van der Waals surface area contributed by atoms with Gasteiger partial charge in [-0.3, -0.25) is 9.52 Å². The molecule has 0 radical (unpaired) electrons. The smallest absolute Gasteiger partial charge is 0.327 e. The zero-order valence-corrected chi connectivity index (χ0v) is 29.4. The van der Waals surface area contributed by atoms with Crippen LogP contribution in [0.1, 0.15) is 66.9 Å². The number of rotatable bonds is 4. The van der Waals surface area contributed by atoms with E-state index in [9.17, 15) is 13.8 Å². The van der Waals surface area contributed by atoms with Crippen molar-refractivity contribution in [2.24, 2.45) is 33.8 Å². The molecule has 260 valence electrons. The van der Waals surface area contributed by atoms with Gasteiger partial charge in [0.05, 0.1) is 24.2 Å². The molecule has 10 nitrogen and oxygen atoms in total. The third-order valence-corrected chi connectivity index (χ3v) is 12.3. The number of methoxy groups -OCH3 is 1. The van der Waals surface area contributed by atoms with E-state index in [4.69, 9.17) is 26.8 Å². The van der Waals surface area contributed by atoms with Crippen LogP contribution in [-0.4, -0.2) is 60.9 Å². The quantitative estimate of drug-likeness (QED) is 0.340. The van der Waals surface area contributed by atoms with E-state index in [1.54, 1.807) is 25.3 Å². The van der Waals surface area contributed by atoms with Gasteiger partial charge in [0.2, 0.25) is 0 Å². The topological polar surface area (TPSA) is 135 Å². The molecule has 0 aromatic heterocycles. The van der Waals surface area contributed by atoms with Crippen LogP contribution in [0.15, 0.2) is 52.9 Å². The van der Waals surface area contributed by atoms with Gasteiger partial charge in [0, 0.05) is 43.4 Å². The lowest BCUT2D eigenvalue weighted by atomic mass is 9.70. The fourth-order valence-corrected chi connectivity index (χ4v) is 9.02. The second kappa shape index (κ2) is 15.2. The molecule has 0 saturated heterocycles. The Hall–Kier alpha value is -3.12. The van der Waals surface area contributed by atoms with Crippen molar-refractivity contribution in [3.05, 3.63) is 70.3 Å². The van der Waals surface area contributed by atoms with Crippen molar-refractivity contribution in [2.45, 2.75) is 70.6 Å². The van der Waals surface area contributed by atoms with Crippen molar-refractivity contribution in [2.75, 3.05) is 37.5 Å². The van der Waals surface area contributed by atoms with Crippen LogP contribution in [0.2, 0.25) is 5.02 Å². The molecule has 3 amide bonds. The van der Waals surface area contributed by atoms with Crippen LogP contribution in [0.5, 0.6) is 5.75 Å². The first-order valence-electron chi connectivity index (χ1n) is 17.2. The Bertz CT molecular complexity index is 1650.